The van der Waals surface area contributed by atoms with Crippen molar-refractivity contribution < 1.29 is 9.53 Å². The van der Waals surface area contributed by atoms with Gasteiger partial charge in [-0.25, -0.2) is 4.98 Å². The Kier molecular flexibility index (Phi) is 8.96. The van der Waals surface area contributed by atoms with Crippen molar-refractivity contribution in [3.8, 4) is 0 Å². The average Bonchev–Trinajstić information content (AvgIpc) is 2.61. The monoisotopic (exact) mass is 374 g/mol. The smallest absolute Gasteiger partial charge is 0.305 e. The van der Waals surface area contributed by atoms with E-state index in [0.717, 1.165) is 42.7 Å². The minimum atomic E-state index is -0.112. The van der Waals surface area contributed by atoms with E-state index in [-0.39, 0.29) is 11.5 Å². The molecule has 1 aromatic heterocycles. The van der Waals surface area contributed by atoms with Gasteiger partial charge >= 0.3 is 5.97 Å². The second-order valence-corrected chi connectivity index (χ2v) is 7.11. The zero-order valence-electron chi connectivity index (χ0n) is 15.2. The number of H-pyrrole nitrogens is 1. The van der Waals surface area contributed by atoms with Crippen LogP contribution in [0.2, 0.25) is 0 Å². The lowest BCUT2D eigenvalue weighted by Crippen LogP contribution is -2.10. The highest BCUT2D eigenvalue weighted by Gasteiger charge is 2.04. The zero-order chi connectivity index (χ0) is 18.6. The van der Waals surface area contributed by atoms with Crippen LogP contribution in [0.15, 0.2) is 46.3 Å². The maximum absolute atomic E-state index is 11.8. The standard InChI is InChI=1S/C20H26N2O3S/c1-2-25-19(24)12-8-3-4-9-13-26-20-21-17(15-18(23)22-20)14-16-10-6-5-7-11-16/h5-7,10-11,15H,2-4,8-9,12-14H2,1H3,(H,21,22,23). The summed E-state index contributed by atoms with van der Waals surface area (Å²) in [4.78, 5) is 30.4. The first-order chi connectivity index (χ1) is 12.7. The second-order valence-electron chi connectivity index (χ2n) is 6.02. The summed E-state index contributed by atoms with van der Waals surface area (Å²) in [6.45, 7) is 2.27. The predicted molar refractivity (Wildman–Crippen MR) is 105 cm³/mol. The van der Waals surface area contributed by atoms with E-state index >= 15 is 0 Å². The van der Waals surface area contributed by atoms with Crippen molar-refractivity contribution in [1.29, 1.82) is 0 Å². The van der Waals surface area contributed by atoms with Gasteiger partial charge in [-0.2, -0.15) is 0 Å². The third-order valence-electron chi connectivity index (χ3n) is 3.82. The van der Waals surface area contributed by atoms with Crippen LogP contribution >= 0.6 is 11.8 Å². The van der Waals surface area contributed by atoms with E-state index in [1.54, 1.807) is 17.8 Å². The van der Waals surface area contributed by atoms with Gasteiger partial charge in [0, 0.05) is 24.7 Å². The summed E-state index contributed by atoms with van der Waals surface area (Å²) >= 11 is 1.57. The van der Waals surface area contributed by atoms with Crippen LogP contribution in [0.1, 0.15) is 50.3 Å². The summed E-state index contributed by atoms with van der Waals surface area (Å²) in [5.74, 6) is 0.788. The van der Waals surface area contributed by atoms with Gasteiger partial charge in [0.15, 0.2) is 5.16 Å². The first kappa shape index (κ1) is 20.2. The van der Waals surface area contributed by atoms with E-state index in [2.05, 4.69) is 9.97 Å². The first-order valence-corrected chi connectivity index (χ1v) is 10.1. The van der Waals surface area contributed by atoms with E-state index in [4.69, 9.17) is 4.74 Å². The van der Waals surface area contributed by atoms with Crippen molar-refractivity contribution in [3.05, 3.63) is 58.0 Å². The predicted octanol–water partition coefficient (Wildman–Crippen LogP) is 3.97. The number of ether oxygens (including phenoxy) is 1. The molecular formula is C20H26N2O3S. The highest BCUT2D eigenvalue weighted by Crippen LogP contribution is 2.16. The number of hydrogen-bond donors (Lipinski definition) is 1. The Morgan fingerprint density at radius 3 is 2.69 bits per heavy atom. The number of aromatic nitrogens is 2. The quantitative estimate of drug-likeness (QED) is 0.279. The van der Waals surface area contributed by atoms with Gasteiger partial charge in [0.2, 0.25) is 0 Å². The van der Waals surface area contributed by atoms with Gasteiger partial charge in [-0.1, -0.05) is 54.9 Å². The largest absolute Gasteiger partial charge is 0.466 e. The topological polar surface area (TPSA) is 72.0 Å². The molecule has 0 aliphatic heterocycles. The molecule has 0 fully saturated rings. The third-order valence-corrected chi connectivity index (χ3v) is 4.78. The van der Waals surface area contributed by atoms with Crippen LogP contribution in [-0.2, 0) is 16.0 Å². The summed E-state index contributed by atoms with van der Waals surface area (Å²) < 4.78 is 4.91. The normalized spacial score (nSPS) is 10.7. The molecule has 26 heavy (non-hydrogen) atoms. The lowest BCUT2D eigenvalue weighted by molar-refractivity contribution is -0.143. The maximum atomic E-state index is 11.8. The van der Waals surface area contributed by atoms with Crippen LogP contribution in [0.4, 0.5) is 0 Å². The zero-order valence-corrected chi connectivity index (χ0v) is 16.0. The molecule has 0 saturated heterocycles. The molecular weight excluding hydrogens is 348 g/mol. The number of carbonyl (C=O) groups is 1. The van der Waals surface area contributed by atoms with Gasteiger partial charge < -0.3 is 9.72 Å². The van der Waals surface area contributed by atoms with Gasteiger partial charge in [0.05, 0.1) is 12.3 Å². The number of carbonyl (C=O) groups excluding carboxylic acids is 1. The molecule has 0 atom stereocenters. The number of esters is 1. The van der Waals surface area contributed by atoms with E-state index < -0.39 is 0 Å². The lowest BCUT2D eigenvalue weighted by atomic mass is 10.1. The molecule has 0 aliphatic rings. The SMILES string of the molecule is CCOC(=O)CCCCCCSc1nc(Cc2ccccc2)cc(=O)[nH]1. The molecule has 0 saturated carbocycles. The molecule has 1 aromatic carbocycles. The first-order valence-electron chi connectivity index (χ1n) is 9.10. The number of nitrogens with one attached hydrogen (secondary N) is 1. The fourth-order valence-electron chi connectivity index (χ4n) is 2.57. The summed E-state index contributed by atoms with van der Waals surface area (Å²) in [6.07, 6.45) is 5.12. The van der Waals surface area contributed by atoms with Crippen molar-refractivity contribution >= 4 is 17.7 Å². The van der Waals surface area contributed by atoms with Gasteiger partial charge in [0.25, 0.3) is 5.56 Å². The van der Waals surface area contributed by atoms with E-state index in [1.807, 2.05) is 37.3 Å². The lowest BCUT2D eigenvalue weighted by Gasteiger charge is -2.05. The second kappa shape index (κ2) is 11.5. The third kappa shape index (κ3) is 7.87. The van der Waals surface area contributed by atoms with E-state index in [9.17, 15) is 9.59 Å². The van der Waals surface area contributed by atoms with Crippen molar-refractivity contribution in [1.82, 2.24) is 9.97 Å². The van der Waals surface area contributed by atoms with Crippen molar-refractivity contribution in [2.75, 3.05) is 12.4 Å². The van der Waals surface area contributed by atoms with Gasteiger partial charge in [-0.3, -0.25) is 9.59 Å². The molecule has 0 unspecified atom stereocenters. The van der Waals surface area contributed by atoms with Crippen LogP contribution < -0.4 is 5.56 Å². The number of benzene rings is 1. The minimum absolute atomic E-state index is 0.108. The van der Waals surface area contributed by atoms with Crippen LogP contribution in [-0.4, -0.2) is 28.3 Å². The number of thioether (sulfide) groups is 1. The fourth-order valence-corrected chi connectivity index (χ4v) is 3.47. The number of rotatable bonds is 11. The Hall–Kier alpha value is -2.08. The fraction of sp³-hybridized carbons (Fsp3) is 0.450. The minimum Gasteiger partial charge on any atom is -0.466 e. The molecule has 0 aliphatic carbocycles. The molecule has 0 amide bonds. The number of hydrogen-bond acceptors (Lipinski definition) is 5. The molecule has 140 valence electrons. The van der Waals surface area contributed by atoms with Crippen molar-refractivity contribution in [3.63, 3.8) is 0 Å². The van der Waals surface area contributed by atoms with Crippen molar-refractivity contribution in [2.45, 2.75) is 50.6 Å². The summed E-state index contributed by atoms with van der Waals surface area (Å²) in [6, 6.07) is 11.6. The molecule has 0 radical (unpaired) electrons. The number of unbranched alkanes of at least 4 members (excludes halogenated alkanes) is 3. The van der Waals surface area contributed by atoms with Gasteiger partial charge in [0.1, 0.15) is 0 Å². The van der Waals surface area contributed by atoms with Crippen LogP contribution in [0.5, 0.6) is 0 Å². The highest BCUT2D eigenvalue weighted by atomic mass is 32.2. The number of nitrogens with zero attached hydrogens (tertiary/aromatic N) is 1. The summed E-state index contributed by atoms with van der Waals surface area (Å²) in [5.41, 5.74) is 1.82. The molecule has 0 bridgehead atoms. The van der Waals surface area contributed by atoms with Gasteiger partial charge in [-0.05, 0) is 25.3 Å². The van der Waals surface area contributed by atoms with Crippen molar-refractivity contribution in [2.24, 2.45) is 0 Å². The maximum Gasteiger partial charge on any atom is 0.305 e. The Bertz CT molecular complexity index is 731. The Balaban J connectivity index is 1.71. The van der Waals surface area contributed by atoms with Crippen LogP contribution in [0.25, 0.3) is 0 Å². The summed E-state index contributed by atoms with van der Waals surface area (Å²) in [5, 5.41) is 0.676. The van der Waals surface area contributed by atoms with Gasteiger partial charge in [-0.15, -0.1) is 0 Å². The van der Waals surface area contributed by atoms with Crippen LogP contribution in [0.3, 0.4) is 0 Å². The number of aromatic amines is 1. The summed E-state index contributed by atoms with van der Waals surface area (Å²) in [7, 11) is 0. The Morgan fingerprint density at radius 1 is 1.15 bits per heavy atom. The molecule has 0 spiro atoms. The van der Waals surface area contributed by atoms with E-state index in [1.165, 1.54) is 0 Å². The average molecular weight is 375 g/mol. The van der Waals surface area contributed by atoms with E-state index in [0.29, 0.717) is 24.6 Å². The molecule has 5 nitrogen and oxygen atoms in total. The molecule has 2 aromatic rings. The van der Waals surface area contributed by atoms with Crippen LogP contribution in [0, 0.1) is 0 Å². The highest BCUT2D eigenvalue weighted by molar-refractivity contribution is 7.99. The molecule has 1 N–H and O–H groups in total. The Labute approximate surface area is 158 Å². The molecule has 1 heterocycles. The molecule has 2 rings (SSSR count). The molecule has 6 heteroatoms. The Morgan fingerprint density at radius 2 is 1.92 bits per heavy atom.